The molecule has 3 nitrogen and oxygen atoms in total. The Morgan fingerprint density at radius 3 is 1.00 bits per heavy atom. The molecule has 10 heavy (non-hydrogen) atoms. The highest BCUT2D eigenvalue weighted by atomic mass is 35.5. The second-order valence-electron chi connectivity index (χ2n) is 0.226. The van der Waals surface area contributed by atoms with Gasteiger partial charge in [0, 0.05) is 0 Å². The van der Waals surface area contributed by atoms with Gasteiger partial charge in [0.25, 0.3) is 0 Å². The van der Waals surface area contributed by atoms with Crippen LogP contribution < -0.4 is 0 Å². The van der Waals surface area contributed by atoms with E-state index in [1.54, 1.807) is 0 Å². The highest BCUT2D eigenvalue weighted by molar-refractivity contribution is 6.93. The zero-order valence-corrected chi connectivity index (χ0v) is 8.04. The summed E-state index contributed by atoms with van der Waals surface area (Å²) in [5, 5.41) is 11.0. The van der Waals surface area contributed by atoms with Crippen LogP contribution in [0.5, 0.6) is 0 Å². The molecule has 0 aliphatic rings. The molecule has 64 valence electrons. The molecule has 0 rings (SSSR count). The first-order valence-electron chi connectivity index (χ1n) is 1.29. The van der Waals surface area contributed by atoms with Crippen molar-refractivity contribution in [3.8, 4) is 0 Å². The topological polar surface area (TPSA) is 64.8 Å². The molecule has 0 saturated heterocycles. The number of halogens is 4. The van der Waals surface area contributed by atoms with Gasteiger partial charge in [-0.2, -0.15) is 0 Å². The minimum atomic E-state index is -0.889. The van der Waals surface area contributed by atoms with E-state index in [-0.39, 0.29) is 24.8 Å². The minimum Gasteiger partial charge on any atom is -0.317 e. The molecule has 0 heterocycles. The summed E-state index contributed by atoms with van der Waals surface area (Å²) in [6, 6.07) is 0. The molecule has 0 fully saturated rings. The number of hydrogen-bond acceptors (Lipinski definition) is 3. The van der Waals surface area contributed by atoms with E-state index in [2.05, 4.69) is 36.6 Å². The molecular formula is C3H8Cl4N2O. The van der Waals surface area contributed by atoms with Crippen LogP contribution in [0.4, 0.5) is 4.79 Å². The van der Waals surface area contributed by atoms with Gasteiger partial charge in [-0.3, -0.25) is 4.79 Å². The van der Waals surface area contributed by atoms with Gasteiger partial charge in [-0.15, -0.1) is 24.8 Å². The van der Waals surface area contributed by atoms with Gasteiger partial charge >= 0.3 is 4.70 Å². The first-order valence-corrected chi connectivity index (χ1v) is 2.05. The Labute approximate surface area is 81.9 Å². The average molecular weight is 230 g/mol. The van der Waals surface area contributed by atoms with E-state index in [9.17, 15) is 0 Å². The van der Waals surface area contributed by atoms with E-state index in [4.69, 9.17) is 15.6 Å². The lowest BCUT2D eigenvalue weighted by atomic mass is 11.8. The highest BCUT2D eigenvalue weighted by Crippen LogP contribution is 1.84. The van der Waals surface area contributed by atoms with E-state index in [0.29, 0.717) is 0 Å². The molecule has 2 N–H and O–H groups in total. The van der Waals surface area contributed by atoms with Crippen LogP contribution in [0.3, 0.4) is 0 Å². The van der Waals surface area contributed by atoms with Crippen LogP contribution >= 0.6 is 48.0 Å². The quantitative estimate of drug-likeness (QED) is 0.487. The molecular weight excluding hydrogens is 222 g/mol. The van der Waals surface area contributed by atoms with Gasteiger partial charge in [0.2, 0.25) is 0 Å². The Kier molecular flexibility index (Phi) is 195. The minimum absolute atomic E-state index is 0. The molecule has 0 radical (unpaired) electrons. The molecule has 0 spiro atoms. The third-order valence-corrected chi connectivity index (χ3v) is 0. The maximum absolute atomic E-state index is 8.98. The summed E-state index contributed by atoms with van der Waals surface area (Å²) in [6.45, 7) is 5.00. The van der Waals surface area contributed by atoms with Crippen molar-refractivity contribution in [2.75, 3.05) is 0 Å². The Morgan fingerprint density at radius 2 is 1.00 bits per heavy atom. The van der Waals surface area contributed by atoms with Crippen molar-refractivity contribution in [2.45, 2.75) is 0 Å². The fraction of sp³-hybridized carbons (Fsp3) is 0. The maximum Gasteiger partial charge on any atom is 0.313 e. The summed E-state index contributed by atoms with van der Waals surface area (Å²) in [5.41, 5.74) is 0. The number of hydrogen-bond donors (Lipinski definition) is 2. The summed E-state index contributed by atoms with van der Waals surface area (Å²) in [4.78, 5) is 8.98. The van der Waals surface area contributed by atoms with Crippen LogP contribution in [0.2, 0.25) is 0 Å². The van der Waals surface area contributed by atoms with Gasteiger partial charge in [-0.05, 0) is 36.6 Å². The summed E-state index contributed by atoms with van der Waals surface area (Å²) in [5.74, 6) is 0. The van der Waals surface area contributed by atoms with Crippen molar-refractivity contribution in [1.82, 2.24) is 0 Å². The highest BCUT2D eigenvalue weighted by Gasteiger charge is 1.72. The van der Waals surface area contributed by atoms with Crippen LogP contribution in [-0.4, -0.2) is 18.1 Å². The van der Waals surface area contributed by atoms with Gasteiger partial charge in [-0.25, -0.2) is 0 Å². The monoisotopic (exact) mass is 228 g/mol. The predicted molar refractivity (Wildman–Crippen MR) is 51.3 cm³/mol. The van der Waals surface area contributed by atoms with E-state index < -0.39 is 4.70 Å². The molecule has 0 unspecified atom stereocenters. The first-order chi connectivity index (χ1) is 3.73. The first kappa shape index (κ1) is 32.0. The van der Waals surface area contributed by atoms with E-state index in [1.165, 1.54) is 0 Å². The van der Waals surface area contributed by atoms with Crippen LogP contribution in [0.15, 0.2) is 0 Å². The second kappa shape index (κ2) is 60.9. The summed E-state index contributed by atoms with van der Waals surface area (Å²) in [6.07, 6.45) is 0. The fourth-order valence-corrected chi connectivity index (χ4v) is 0. The standard InChI is InChI=1S/CCl2O.2CH3N.2ClH/c2-1(3)4;2*1-2;;/h;2*2H,1H2;2*1H. The van der Waals surface area contributed by atoms with Gasteiger partial charge in [0.05, 0.1) is 0 Å². The Hall–Kier alpha value is 0.170. The molecule has 0 aliphatic heterocycles. The molecule has 7 heteroatoms. The van der Waals surface area contributed by atoms with E-state index in [1.807, 2.05) is 0 Å². The molecule has 0 aromatic heterocycles. The zero-order valence-electron chi connectivity index (χ0n) is 4.89. The average Bonchev–Trinajstić information content (AvgIpc) is 1.75. The van der Waals surface area contributed by atoms with Crippen molar-refractivity contribution < 1.29 is 4.79 Å². The lowest BCUT2D eigenvalue weighted by Crippen LogP contribution is -1.46. The van der Waals surface area contributed by atoms with Crippen LogP contribution in [-0.2, 0) is 0 Å². The van der Waals surface area contributed by atoms with Crippen LogP contribution in [0, 0.1) is 10.8 Å². The lowest BCUT2D eigenvalue weighted by Gasteiger charge is -1.48. The van der Waals surface area contributed by atoms with Crippen molar-refractivity contribution in [1.29, 1.82) is 10.8 Å². The fourth-order valence-electron chi connectivity index (χ4n) is 0. The third-order valence-electron chi connectivity index (χ3n) is 0. The molecule has 0 saturated carbocycles. The number of nitrogens with one attached hydrogen (secondary N) is 2. The van der Waals surface area contributed by atoms with Crippen molar-refractivity contribution in [3.63, 3.8) is 0 Å². The van der Waals surface area contributed by atoms with Crippen LogP contribution in [0.1, 0.15) is 0 Å². The SMILES string of the molecule is C=N.C=N.Cl.Cl.O=C(Cl)Cl. The van der Waals surface area contributed by atoms with Gasteiger partial charge in [0.1, 0.15) is 0 Å². The zero-order chi connectivity index (χ0) is 7.58. The number of carbonyl (C=O) groups excluding carboxylic acids is 1. The van der Waals surface area contributed by atoms with Crippen molar-refractivity contribution >= 4 is 66.2 Å². The Balaban J connectivity index is -0.0000000125. The third kappa shape index (κ3) is 14500. The Bertz CT molecular complexity index is 56.5. The summed E-state index contributed by atoms with van der Waals surface area (Å²) < 4.78 is -0.889. The molecule has 0 aromatic carbocycles. The molecule has 0 amide bonds. The van der Waals surface area contributed by atoms with E-state index in [0.717, 1.165) is 0 Å². The van der Waals surface area contributed by atoms with Crippen LogP contribution in [0.25, 0.3) is 0 Å². The normalized spacial score (nSPS) is 3.40. The summed E-state index contributed by atoms with van der Waals surface area (Å²) >= 11 is 8.80. The Morgan fingerprint density at radius 1 is 1.00 bits per heavy atom. The molecule has 0 atom stereocenters. The molecule has 0 bridgehead atoms. The maximum atomic E-state index is 8.98. The van der Waals surface area contributed by atoms with Gasteiger partial charge < -0.3 is 10.8 Å². The number of carbonyl (C=O) groups is 1. The molecule has 0 aromatic rings. The summed E-state index contributed by atoms with van der Waals surface area (Å²) in [7, 11) is 0. The molecule has 0 aliphatic carbocycles. The van der Waals surface area contributed by atoms with Crippen molar-refractivity contribution in [3.05, 3.63) is 0 Å². The van der Waals surface area contributed by atoms with Gasteiger partial charge in [-0.1, -0.05) is 0 Å². The van der Waals surface area contributed by atoms with Crippen molar-refractivity contribution in [2.24, 2.45) is 0 Å². The smallest absolute Gasteiger partial charge is 0.313 e. The van der Waals surface area contributed by atoms with E-state index >= 15 is 0 Å². The van der Waals surface area contributed by atoms with Gasteiger partial charge in [0.15, 0.2) is 0 Å². The largest absolute Gasteiger partial charge is 0.317 e. The lowest BCUT2D eigenvalue weighted by molar-refractivity contribution is 0.275. The number of rotatable bonds is 0. The second-order valence-corrected chi connectivity index (χ2v) is 1.11. The predicted octanol–water partition coefficient (Wildman–Crippen LogP) is 2.96.